The minimum atomic E-state index is -5.08. The molecule has 0 saturated carbocycles. The molecular weight excluding hydrogens is 181 g/mol. The Labute approximate surface area is 54.0 Å². The van der Waals surface area contributed by atoms with Gasteiger partial charge in [0.05, 0.1) is 6.66 Å². The molecule has 0 unspecified atom stereocenters. The van der Waals surface area contributed by atoms with Gasteiger partial charge in [0, 0.05) is 0 Å². The van der Waals surface area contributed by atoms with Crippen LogP contribution in [0.25, 0.3) is 0 Å². The van der Waals surface area contributed by atoms with E-state index in [9.17, 15) is 26.3 Å². The first-order chi connectivity index (χ1) is 4.15. The average molecular weight is 185 g/mol. The van der Waals surface area contributed by atoms with Gasteiger partial charge in [-0.05, 0) is 0 Å². The Kier molecular flexibility index (Phi) is 2.57. The lowest BCUT2D eigenvalue weighted by Crippen LogP contribution is -2.16. The molecule has 0 atom stereocenters. The molecular formula is C3H4F6P+. The molecule has 0 aromatic heterocycles. The number of rotatable bonds is 0. The highest BCUT2D eigenvalue weighted by molar-refractivity contribution is 7.58. The van der Waals surface area contributed by atoms with Crippen molar-refractivity contribution in [1.82, 2.24) is 0 Å². The second kappa shape index (κ2) is 2.57. The number of halogens is 6. The molecule has 0 aromatic rings. The second-order valence-corrected chi connectivity index (χ2v) is 4.00. The van der Waals surface area contributed by atoms with Gasteiger partial charge in [0.2, 0.25) is 7.92 Å². The van der Waals surface area contributed by atoms with Crippen LogP contribution in [-0.2, 0) is 0 Å². The summed E-state index contributed by atoms with van der Waals surface area (Å²) in [7, 11) is -4.22. The fourth-order valence-electron chi connectivity index (χ4n) is 0.161. The summed E-state index contributed by atoms with van der Waals surface area (Å²) in [5.41, 5.74) is 0. The molecule has 0 aliphatic rings. The molecule has 0 heterocycles. The van der Waals surface area contributed by atoms with E-state index in [1.165, 1.54) is 0 Å². The first-order valence-corrected chi connectivity index (χ1v) is 4.13. The van der Waals surface area contributed by atoms with Gasteiger partial charge in [-0.3, -0.25) is 0 Å². The third kappa shape index (κ3) is 2.73. The molecule has 10 heavy (non-hydrogen) atoms. The van der Waals surface area contributed by atoms with Crippen LogP contribution in [0.5, 0.6) is 0 Å². The lowest BCUT2D eigenvalue weighted by atomic mass is 11.5. The van der Waals surface area contributed by atoms with Crippen LogP contribution >= 0.6 is 7.92 Å². The topological polar surface area (TPSA) is 0 Å². The summed E-state index contributed by atoms with van der Waals surface area (Å²) in [5, 5.41) is 0. The van der Waals surface area contributed by atoms with Crippen LogP contribution in [0.4, 0.5) is 26.3 Å². The fourth-order valence-corrected chi connectivity index (χ4v) is 0.482. The Bertz CT molecular complexity index is 97.1. The van der Waals surface area contributed by atoms with Crippen molar-refractivity contribution in [3.8, 4) is 0 Å². The van der Waals surface area contributed by atoms with E-state index in [0.29, 0.717) is 0 Å². The minimum Gasteiger partial charge on any atom is -0.135 e. The zero-order chi connectivity index (χ0) is 8.58. The van der Waals surface area contributed by atoms with Crippen LogP contribution in [0.3, 0.4) is 0 Å². The predicted molar refractivity (Wildman–Crippen MR) is 26.3 cm³/mol. The van der Waals surface area contributed by atoms with Gasteiger partial charge in [-0.15, -0.1) is 26.3 Å². The molecule has 0 aliphatic heterocycles. The van der Waals surface area contributed by atoms with E-state index < -0.39 is 19.8 Å². The van der Waals surface area contributed by atoms with Crippen molar-refractivity contribution < 1.29 is 26.3 Å². The maximum absolute atomic E-state index is 11.3. The third-order valence-corrected chi connectivity index (χ3v) is 2.55. The molecule has 0 saturated heterocycles. The highest BCUT2D eigenvalue weighted by atomic mass is 31.1. The SMILES string of the molecule is C[PH+](C(F)(F)F)C(F)(F)F. The molecule has 0 fully saturated rings. The van der Waals surface area contributed by atoms with E-state index in [1.54, 1.807) is 0 Å². The van der Waals surface area contributed by atoms with Crippen molar-refractivity contribution in [3.05, 3.63) is 0 Å². The van der Waals surface area contributed by atoms with Crippen LogP contribution in [-0.4, -0.2) is 18.5 Å². The predicted octanol–water partition coefficient (Wildman–Crippen LogP) is 2.87. The maximum Gasteiger partial charge on any atom is 0.515 e. The summed E-state index contributed by atoms with van der Waals surface area (Å²) in [6, 6.07) is 0. The summed E-state index contributed by atoms with van der Waals surface area (Å²) in [4.78, 5) is 0. The molecule has 0 N–H and O–H groups in total. The van der Waals surface area contributed by atoms with E-state index in [-0.39, 0.29) is 6.66 Å². The van der Waals surface area contributed by atoms with Crippen molar-refractivity contribution in [3.63, 3.8) is 0 Å². The highest BCUT2D eigenvalue weighted by Gasteiger charge is 2.61. The third-order valence-electron chi connectivity index (χ3n) is 0.850. The quantitative estimate of drug-likeness (QED) is 0.402. The van der Waals surface area contributed by atoms with Gasteiger partial charge < -0.3 is 0 Å². The van der Waals surface area contributed by atoms with Crippen molar-refractivity contribution in [1.29, 1.82) is 0 Å². The van der Waals surface area contributed by atoms with Crippen LogP contribution in [0.2, 0.25) is 0 Å². The van der Waals surface area contributed by atoms with Crippen LogP contribution < -0.4 is 0 Å². The molecule has 0 radical (unpaired) electrons. The Morgan fingerprint density at radius 2 is 1.00 bits per heavy atom. The van der Waals surface area contributed by atoms with Gasteiger partial charge >= 0.3 is 11.8 Å². The number of hydrogen-bond donors (Lipinski definition) is 0. The lowest BCUT2D eigenvalue weighted by Gasteiger charge is -2.09. The van der Waals surface area contributed by atoms with Crippen molar-refractivity contribution in [2.45, 2.75) is 11.8 Å². The average Bonchev–Trinajstić information content (AvgIpc) is 1.59. The van der Waals surface area contributed by atoms with Gasteiger partial charge in [0.25, 0.3) is 0 Å². The van der Waals surface area contributed by atoms with Crippen molar-refractivity contribution in [2.75, 3.05) is 6.66 Å². The summed E-state index contributed by atoms with van der Waals surface area (Å²) in [6.45, 7) is 0.185. The van der Waals surface area contributed by atoms with Gasteiger partial charge in [-0.2, -0.15) is 0 Å². The van der Waals surface area contributed by atoms with Gasteiger partial charge in [0.1, 0.15) is 0 Å². The molecule has 0 rings (SSSR count). The Hall–Kier alpha value is 0.01000. The van der Waals surface area contributed by atoms with Gasteiger partial charge in [-0.1, -0.05) is 0 Å². The van der Waals surface area contributed by atoms with Gasteiger partial charge in [0.15, 0.2) is 0 Å². The summed E-state index contributed by atoms with van der Waals surface area (Å²) in [5.74, 6) is -10.2. The summed E-state index contributed by atoms with van der Waals surface area (Å²) >= 11 is 0. The molecule has 0 nitrogen and oxygen atoms in total. The normalized spacial score (nSPS) is 14.4. The molecule has 0 bridgehead atoms. The van der Waals surface area contributed by atoms with Crippen molar-refractivity contribution >= 4 is 7.92 Å². The van der Waals surface area contributed by atoms with E-state index in [2.05, 4.69) is 0 Å². The van der Waals surface area contributed by atoms with E-state index >= 15 is 0 Å². The van der Waals surface area contributed by atoms with E-state index in [1.807, 2.05) is 0 Å². The largest absolute Gasteiger partial charge is 0.515 e. The number of hydrogen-bond acceptors (Lipinski definition) is 0. The Morgan fingerprint density at radius 1 is 0.800 bits per heavy atom. The molecule has 0 amide bonds. The smallest absolute Gasteiger partial charge is 0.135 e. The van der Waals surface area contributed by atoms with Crippen LogP contribution in [0.1, 0.15) is 0 Å². The summed E-state index contributed by atoms with van der Waals surface area (Å²) in [6.07, 6.45) is 0. The van der Waals surface area contributed by atoms with Gasteiger partial charge in [-0.25, -0.2) is 0 Å². The monoisotopic (exact) mass is 185 g/mol. The van der Waals surface area contributed by atoms with Crippen molar-refractivity contribution in [2.24, 2.45) is 0 Å². The molecule has 7 heteroatoms. The first kappa shape index (κ1) is 10.0. The zero-order valence-electron chi connectivity index (χ0n) is 4.77. The van der Waals surface area contributed by atoms with Crippen LogP contribution in [0.15, 0.2) is 0 Å². The fraction of sp³-hybridized carbons (Fsp3) is 1.00. The maximum atomic E-state index is 11.3. The van der Waals surface area contributed by atoms with Crippen LogP contribution in [0, 0.1) is 0 Å². The molecule has 0 aromatic carbocycles. The molecule has 0 spiro atoms. The Morgan fingerprint density at radius 3 is 1.00 bits per heavy atom. The Balaban J connectivity index is 4.23. The number of alkyl halides is 6. The first-order valence-electron chi connectivity index (χ1n) is 2.13. The van der Waals surface area contributed by atoms with E-state index in [0.717, 1.165) is 0 Å². The standard InChI is InChI=1S/C3H3F6P/c1-10(2(4,5)6)3(7,8)9/h1H3/p+1. The molecule has 0 aliphatic carbocycles. The molecule has 62 valence electrons. The minimum absolute atomic E-state index is 0.185. The zero-order valence-corrected chi connectivity index (χ0v) is 5.77. The lowest BCUT2D eigenvalue weighted by molar-refractivity contribution is -0.0823. The second-order valence-electron chi connectivity index (χ2n) is 1.62. The highest BCUT2D eigenvalue weighted by Crippen LogP contribution is 2.61. The van der Waals surface area contributed by atoms with E-state index in [4.69, 9.17) is 0 Å². The summed E-state index contributed by atoms with van der Waals surface area (Å²) < 4.78 is 67.6.